The zero-order chi connectivity index (χ0) is 12.6. The van der Waals surface area contributed by atoms with E-state index in [9.17, 15) is 9.59 Å². The molecule has 5 heteroatoms. The van der Waals surface area contributed by atoms with Gasteiger partial charge in [0.25, 0.3) is 5.91 Å². The molecule has 0 saturated heterocycles. The number of hydrogen-bond donors (Lipinski definition) is 2. The van der Waals surface area contributed by atoms with Crippen molar-refractivity contribution < 1.29 is 19.1 Å². The van der Waals surface area contributed by atoms with Crippen LogP contribution in [0, 0.1) is 13.8 Å². The molecule has 1 fully saturated rings. The summed E-state index contributed by atoms with van der Waals surface area (Å²) < 4.78 is 5.25. The van der Waals surface area contributed by atoms with Gasteiger partial charge in [-0.25, -0.2) is 4.79 Å². The van der Waals surface area contributed by atoms with E-state index in [0.717, 1.165) is 6.42 Å². The van der Waals surface area contributed by atoms with Crippen molar-refractivity contribution in [2.24, 2.45) is 0 Å². The van der Waals surface area contributed by atoms with E-state index < -0.39 is 11.5 Å². The fourth-order valence-corrected chi connectivity index (χ4v) is 2.06. The maximum Gasteiger partial charge on any atom is 0.329 e. The summed E-state index contributed by atoms with van der Waals surface area (Å²) in [5.74, 6) is -0.179. The maximum absolute atomic E-state index is 12.0. The van der Waals surface area contributed by atoms with Gasteiger partial charge in [0, 0.05) is 0 Å². The van der Waals surface area contributed by atoms with Crippen molar-refractivity contribution in [2.75, 3.05) is 0 Å². The van der Waals surface area contributed by atoms with Crippen LogP contribution in [0.25, 0.3) is 0 Å². The average molecular weight is 237 g/mol. The number of amides is 1. The Kier molecular flexibility index (Phi) is 2.69. The molecule has 1 saturated carbocycles. The van der Waals surface area contributed by atoms with Crippen LogP contribution in [0.3, 0.4) is 0 Å². The average Bonchev–Trinajstić information content (AvgIpc) is 2.50. The highest BCUT2D eigenvalue weighted by atomic mass is 16.4. The van der Waals surface area contributed by atoms with Crippen LogP contribution in [-0.2, 0) is 4.79 Å². The summed E-state index contributed by atoms with van der Waals surface area (Å²) in [6, 6.07) is 1.62. The van der Waals surface area contributed by atoms with Crippen molar-refractivity contribution in [3.63, 3.8) is 0 Å². The Balaban J connectivity index is 2.17. The number of carboxylic acid groups (broad SMARTS) is 1. The second-order valence-corrected chi connectivity index (χ2v) is 4.52. The molecule has 1 aromatic rings. The van der Waals surface area contributed by atoms with Gasteiger partial charge in [-0.3, -0.25) is 4.79 Å². The largest absolute Gasteiger partial charge is 0.480 e. The SMILES string of the molecule is Cc1cc(C(=O)NC2(C(=O)O)CCC2)c(C)o1. The summed E-state index contributed by atoms with van der Waals surface area (Å²) in [4.78, 5) is 23.1. The van der Waals surface area contributed by atoms with E-state index in [1.54, 1.807) is 19.9 Å². The number of furan rings is 1. The molecule has 17 heavy (non-hydrogen) atoms. The Bertz CT molecular complexity index is 471. The Morgan fingerprint density at radius 2 is 2.06 bits per heavy atom. The summed E-state index contributed by atoms with van der Waals surface area (Å²) in [5.41, 5.74) is -0.663. The molecule has 0 aromatic carbocycles. The third kappa shape index (κ3) is 1.92. The van der Waals surface area contributed by atoms with E-state index in [2.05, 4.69) is 5.32 Å². The number of aryl methyl sites for hydroxylation is 2. The first-order chi connectivity index (χ1) is 7.94. The van der Waals surface area contributed by atoms with Crippen LogP contribution in [0.2, 0.25) is 0 Å². The van der Waals surface area contributed by atoms with Crippen LogP contribution in [0.4, 0.5) is 0 Å². The molecule has 1 heterocycles. The minimum absolute atomic E-state index is 0.374. The summed E-state index contributed by atoms with van der Waals surface area (Å²) in [6.45, 7) is 3.44. The topological polar surface area (TPSA) is 79.5 Å². The predicted molar refractivity (Wildman–Crippen MR) is 59.9 cm³/mol. The molecule has 92 valence electrons. The van der Waals surface area contributed by atoms with Crippen molar-refractivity contribution in [1.29, 1.82) is 0 Å². The number of hydrogen-bond acceptors (Lipinski definition) is 3. The lowest BCUT2D eigenvalue weighted by Crippen LogP contribution is -2.59. The first-order valence-electron chi connectivity index (χ1n) is 5.57. The summed E-state index contributed by atoms with van der Waals surface area (Å²) in [5, 5.41) is 11.7. The number of rotatable bonds is 3. The number of carboxylic acids is 1. The normalized spacial score (nSPS) is 17.3. The monoisotopic (exact) mass is 237 g/mol. The summed E-state index contributed by atoms with van der Waals surface area (Å²) >= 11 is 0. The van der Waals surface area contributed by atoms with Gasteiger partial charge in [-0.05, 0) is 39.2 Å². The predicted octanol–water partition coefficient (Wildman–Crippen LogP) is 1.63. The van der Waals surface area contributed by atoms with Crippen molar-refractivity contribution >= 4 is 11.9 Å². The summed E-state index contributed by atoms with van der Waals surface area (Å²) in [6.07, 6.45) is 1.81. The Labute approximate surface area is 98.8 Å². The molecule has 1 aliphatic carbocycles. The first-order valence-corrected chi connectivity index (χ1v) is 5.57. The third-order valence-electron chi connectivity index (χ3n) is 3.25. The lowest BCUT2D eigenvalue weighted by Gasteiger charge is -2.38. The van der Waals surface area contributed by atoms with Gasteiger partial charge >= 0.3 is 5.97 Å². The molecule has 0 radical (unpaired) electrons. The van der Waals surface area contributed by atoms with Gasteiger partial charge in [-0.1, -0.05) is 0 Å². The minimum atomic E-state index is -1.07. The van der Waals surface area contributed by atoms with Gasteiger partial charge < -0.3 is 14.8 Å². The van der Waals surface area contributed by atoms with Gasteiger partial charge in [0.15, 0.2) is 0 Å². The van der Waals surface area contributed by atoms with E-state index in [1.807, 2.05) is 0 Å². The van der Waals surface area contributed by atoms with E-state index >= 15 is 0 Å². The number of carbonyl (C=O) groups excluding carboxylic acids is 1. The highest BCUT2D eigenvalue weighted by Gasteiger charge is 2.46. The zero-order valence-electron chi connectivity index (χ0n) is 9.87. The van der Waals surface area contributed by atoms with E-state index in [-0.39, 0.29) is 5.91 Å². The van der Waals surface area contributed by atoms with Gasteiger partial charge in [0.2, 0.25) is 0 Å². The zero-order valence-corrected chi connectivity index (χ0v) is 9.87. The molecule has 1 aromatic heterocycles. The molecule has 0 atom stereocenters. The molecule has 0 unspecified atom stereocenters. The minimum Gasteiger partial charge on any atom is -0.480 e. The standard InChI is InChI=1S/C12H15NO4/c1-7-6-9(8(2)17-7)10(14)13-12(11(15)16)4-3-5-12/h6H,3-5H2,1-2H3,(H,13,14)(H,15,16). The molecule has 1 amide bonds. The van der Waals surface area contributed by atoms with Crippen molar-refractivity contribution in [3.05, 3.63) is 23.2 Å². The Morgan fingerprint density at radius 3 is 2.41 bits per heavy atom. The number of aliphatic carboxylic acids is 1. The maximum atomic E-state index is 12.0. The smallest absolute Gasteiger partial charge is 0.329 e. The molecular formula is C12H15NO4. The third-order valence-corrected chi connectivity index (χ3v) is 3.25. The molecule has 2 rings (SSSR count). The van der Waals surface area contributed by atoms with Crippen LogP contribution in [-0.4, -0.2) is 22.5 Å². The van der Waals surface area contributed by atoms with Crippen molar-refractivity contribution in [1.82, 2.24) is 5.32 Å². The van der Waals surface area contributed by atoms with E-state index in [1.165, 1.54) is 0 Å². The van der Waals surface area contributed by atoms with Gasteiger partial charge in [0.05, 0.1) is 5.56 Å². The fourth-order valence-electron chi connectivity index (χ4n) is 2.06. The molecular weight excluding hydrogens is 222 g/mol. The van der Waals surface area contributed by atoms with Gasteiger partial charge in [-0.15, -0.1) is 0 Å². The lowest BCUT2D eigenvalue weighted by atomic mass is 9.76. The fraction of sp³-hybridized carbons (Fsp3) is 0.500. The molecule has 2 N–H and O–H groups in total. The van der Waals surface area contributed by atoms with Crippen LogP contribution in [0.5, 0.6) is 0 Å². The Morgan fingerprint density at radius 1 is 1.41 bits per heavy atom. The number of carbonyl (C=O) groups is 2. The first kappa shape index (κ1) is 11.7. The van der Waals surface area contributed by atoms with E-state index in [0.29, 0.717) is 29.9 Å². The highest BCUT2D eigenvalue weighted by molar-refractivity contribution is 5.99. The van der Waals surface area contributed by atoms with Crippen LogP contribution < -0.4 is 5.32 Å². The number of nitrogens with one attached hydrogen (secondary N) is 1. The van der Waals surface area contributed by atoms with E-state index in [4.69, 9.17) is 9.52 Å². The molecule has 0 spiro atoms. The quantitative estimate of drug-likeness (QED) is 0.837. The van der Waals surface area contributed by atoms with Crippen molar-refractivity contribution in [2.45, 2.75) is 38.6 Å². The second-order valence-electron chi connectivity index (χ2n) is 4.52. The van der Waals surface area contributed by atoms with Crippen LogP contribution in [0.1, 0.15) is 41.1 Å². The molecule has 0 bridgehead atoms. The van der Waals surface area contributed by atoms with Crippen molar-refractivity contribution in [3.8, 4) is 0 Å². The Hall–Kier alpha value is -1.78. The summed E-state index contributed by atoms with van der Waals surface area (Å²) in [7, 11) is 0. The molecule has 5 nitrogen and oxygen atoms in total. The lowest BCUT2D eigenvalue weighted by molar-refractivity contribution is -0.148. The van der Waals surface area contributed by atoms with Crippen LogP contribution in [0.15, 0.2) is 10.5 Å². The molecule has 0 aliphatic heterocycles. The van der Waals surface area contributed by atoms with Gasteiger partial charge in [0.1, 0.15) is 17.1 Å². The highest BCUT2D eigenvalue weighted by Crippen LogP contribution is 2.32. The second kappa shape index (κ2) is 3.91. The molecule has 1 aliphatic rings. The van der Waals surface area contributed by atoms with Crippen LogP contribution >= 0.6 is 0 Å². The van der Waals surface area contributed by atoms with Gasteiger partial charge in [-0.2, -0.15) is 0 Å².